The summed E-state index contributed by atoms with van der Waals surface area (Å²) in [6, 6.07) is 0. The average molecular weight is 214 g/mol. The molecule has 0 saturated heterocycles. The van der Waals surface area contributed by atoms with E-state index in [9.17, 15) is 13.2 Å². The third kappa shape index (κ3) is 4.79. The predicted molar refractivity (Wildman–Crippen MR) is 52.0 cm³/mol. The minimum Gasteiger partial charge on any atom is -0.170 e. The van der Waals surface area contributed by atoms with Gasteiger partial charge in [0.25, 0.3) is 0 Å². The second kappa shape index (κ2) is 5.13. The molecule has 80 valence electrons. The van der Waals surface area contributed by atoms with E-state index < -0.39 is 11.4 Å². The molecule has 2 atom stereocenters. The molecule has 0 spiro atoms. The zero-order chi connectivity index (χ0) is 10.6. The Labute approximate surface area is 82.3 Å². The minimum atomic E-state index is -4.07. The van der Waals surface area contributed by atoms with Crippen LogP contribution < -0.4 is 0 Å². The van der Waals surface area contributed by atoms with Crippen molar-refractivity contribution in [3.63, 3.8) is 0 Å². The van der Waals surface area contributed by atoms with Gasteiger partial charge in [-0.25, -0.2) is 0 Å². The van der Waals surface area contributed by atoms with Crippen molar-refractivity contribution in [3.8, 4) is 0 Å². The Morgan fingerprint density at radius 3 is 1.85 bits per heavy atom. The van der Waals surface area contributed by atoms with Crippen molar-refractivity contribution in [2.75, 3.05) is 0 Å². The van der Waals surface area contributed by atoms with Crippen LogP contribution in [-0.4, -0.2) is 16.7 Å². The van der Waals surface area contributed by atoms with E-state index in [2.05, 4.69) is 0 Å². The first-order chi connectivity index (χ1) is 5.79. The molecule has 0 bridgehead atoms. The van der Waals surface area contributed by atoms with E-state index in [-0.39, 0.29) is 11.2 Å². The molecule has 1 unspecified atom stereocenters. The molecular weight excluding hydrogens is 197 g/mol. The van der Waals surface area contributed by atoms with Gasteiger partial charge in [-0.15, -0.1) is 11.8 Å². The fourth-order valence-electron chi connectivity index (χ4n) is 0.959. The summed E-state index contributed by atoms with van der Waals surface area (Å²) < 4.78 is 37.3. The van der Waals surface area contributed by atoms with Gasteiger partial charge in [0.1, 0.15) is 5.25 Å². The maximum Gasteiger partial charge on any atom is 0.400 e. The number of rotatable bonds is 4. The van der Waals surface area contributed by atoms with E-state index in [1.165, 1.54) is 0 Å². The highest BCUT2D eigenvalue weighted by atomic mass is 32.2. The van der Waals surface area contributed by atoms with Crippen LogP contribution in [0.2, 0.25) is 0 Å². The van der Waals surface area contributed by atoms with Gasteiger partial charge >= 0.3 is 6.18 Å². The third-order valence-electron chi connectivity index (χ3n) is 1.88. The molecule has 0 aromatic rings. The molecule has 4 heteroatoms. The summed E-state index contributed by atoms with van der Waals surface area (Å²) in [5.41, 5.74) is 0. The van der Waals surface area contributed by atoms with E-state index >= 15 is 0 Å². The lowest BCUT2D eigenvalue weighted by Gasteiger charge is -2.25. The van der Waals surface area contributed by atoms with Crippen molar-refractivity contribution in [1.82, 2.24) is 0 Å². The van der Waals surface area contributed by atoms with E-state index in [0.717, 1.165) is 18.2 Å². The maximum atomic E-state index is 12.4. The molecule has 0 nitrogen and oxygen atoms in total. The van der Waals surface area contributed by atoms with Gasteiger partial charge in [-0.05, 0) is 12.3 Å². The lowest BCUT2D eigenvalue weighted by atomic mass is 10.1. The van der Waals surface area contributed by atoms with E-state index in [1.807, 2.05) is 13.8 Å². The summed E-state index contributed by atoms with van der Waals surface area (Å²) >= 11 is 1.03. The van der Waals surface area contributed by atoms with Crippen LogP contribution in [-0.2, 0) is 0 Å². The van der Waals surface area contributed by atoms with Crippen molar-refractivity contribution < 1.29 is 13.2 Å². The maximum absolute atomic E-state index is 12.4. The first-order valence-electron chi connectivity index (χ1n) is 4.51. The second-order valence-electron chi connectivity index (χ2n) is 3.56. The van der Waals surface area contributed by atoms with Crippen molar-refractivity contribution >= 4 is 11.8 Å². The van der Waals surface area contributed by atoms with E-state index in [0.29, 0.717) is 0 Å². The summed E-state index contributed by atoms with van der Waals surface area (Å²) in [4.78, 5) is 0. The Morgan fingerprint density at radius 1 is 1.15 bits per heavy atom. The Balaban J connectivity index is 4.28. The van der Waals surface area contributed by atoms with Crippen molar-refractivity contribution in [2.24, 2.45) is 5.92 Å². The van der Waals surface area contributed by atoms with Crippen LogP contribution in [0.3, 0.4) is 0 Å². The van der Waals surface area contributed by atoms with Crippen LogP contribution in [0.5, 0.6) is 0 Å². The highest BCUT2D eigenvalue weighted by Crippen LogP contribution is 2.38. The fourth-order valence-corrected chi connectivity index (χ4v) is 2.12. The largest absolute Gasteiger partial charge is 0.400 e. The summed E-state index contributed by atoms with van der Waals surface area (Å²) in [5.74, 6) is -0.348. The monoisotopic (exact) mass is 214 g/mol. The molecule has 0 amide bonds. The minimum absolute atomic E-state index is 0.0778. The lowest BCUT2D eigenvalue weighted by molar-refractivity contribution is -0.135. The molecule has 0 rings (SSSR count). The van der Waals surface area contributed by atoms with E-state index in [1.54, 1.807) is 13.8 Å². The molecule has 0 radical (unpaired) electrons. The normalized spacial score (nSPS) is 17.5. The zero-order valence-corrected chi connectivity index (χ0v) is 9.30. The van der Waals surface area contributed by atoms with Crippen LogP contribution >= 0.6 is 11.8 Å². The Kier molecular flexibility index (Phi) is 5.18. The van der Waals surface area contributed by atoms with Crippen LogP contribution in [0, 0.1) is 5.92 Å². The first-order valence-corrected chi connectivity index (χ1v) is 5.45. The van der Waals surface area contributed by atoms with Gasteiger partial charge in [0.15, 0.2) is 0 Å². The third-order valence-corrected chi connectivity index (χ3v) is 3.78. The molecular formula is C9H17F3S. The van der Waals surface area contributed by atoms with Gasteiger partial charge in [0.05, 0.1) is 0 Å². The highest BCUT2D eigenvalue weighted by molar-refractivity contribution is 8.00. The number of hydrogen-bond donors (Lipinski definition) is 0. The van der Waals surface area contributed by atoms with Crippen LogP contribution in [0.25, 0.3) is 0 Å². The van der Waals surface area contributed by atoms with Crippen molar-refractivity contribution in [3.05, 3.63) is 0 Å². The fraction of sp³-hybridized carbons (Fsp3) is 1.00. The topological polar surface area (TPSA) is 0 Å². The molecule has 0 N–H and O–H groups in total. The number of halogens is 3. The molecule has 0 fully saturated rings. The number of thioether (sulfide) groups is 1. The molecule has 0 aliphatic rings. The Bertz CT molecular complexity index is 142. The second-order valence-corrected chi connectivity index (χ2v) is 5.15. The Hall–Kier alpha value is 0.140. The van der Waals surface area contributed by atoms with Crippen LogP contribution in [0.4, 0.5) is 13.2 Å². The predicted octanol–water partition coefficient (Wildman–Crippen LogP) is 4.11. The van der Waals surface area contributed by atoms with Gasteiger partial charge in [-0.2, -0.15) is 13.2 Å². The summed E-state index contributed by atoms with van der Waals surface area (Å²) in [7, 11) is 0. The quantitative estimate of drug-likeness (QED) is 0.678. The molecule has 0 saturated carbocycles. The molecule has 0 heterocycles. The van der Waals surface area contributed by atoms with Gasteiger partial charge in [0, 0.05) is 5.25 Å². The van der Waals surface area contributed by atoms with E-state index in [4.69, 9.17) is 0 Å². The Morgan fingerprint density at radius 2 is 1.62 bits per heavy atom. The molecule has 0 aliphatic carbocycles. The van der Waals surface area contributed by atoms with Gasteiger partial charge in [-0.3, -0.25) is 0 Å². The van der Waals surface area contributed by atoms with Crippen LogP contribution in [0.1, 0.15) is 34.1 Å². The molecule has 0 aliphatic heterocycles. The summed E-state index contributed by atoms with van der Waals surface area (Å²) in [5, 5.41) is -1.14. The summed E-state index contributed by atoms with van der Waals surface area (Å²) in [6.07, 6.45) is -3.29. The molecule has 0 aromatic heterocycles. The average Bonchev–Trinajstić information content (AvgIpc) is 1.96. The SMILES string of the molecule is CCC(C)S[C@H](C(C)C)C(F)(F)F. The smallest absolute Gasteiger partial charge is 0.170 e. The zero-order valence-electron chi connectivity index (χ0n) is 8.48. The first kappa shape index (κ1) is 13.1. The lowest BCUT2D eigenvalue weighted by Crippen LogP contribution is -2.32. The number of hydrogen-bond acceptors (Lipinski definition) is 1. The standard InChI is InChI=1S/C9H17F3S/c1-5-7(4)13-8(6(2)3)9(10,11)12/h6-8H,5H2,1-4H3/t7?,8-/m1/s1. The van der Waals surface area contributed by atoms with Gasteiger partial charge in [0.2, 0.25) is 0 Å². The number of alkyl halides is 3. The molecule has 0 aromatic carbocycles. The molecule has 13 heavy (non-hydrogen) atoms. The van der Waals surface area contributed by atoms with Gasteiger partial charge in [-0.1, -0.05) is 27.7 Å². The summed E-state index contributed by atoms with van der Waals surface area (Å²) in [6.45, 7) is 6.98. The van der Waals surface area contributed by atoms with Gasteiger partial charge < -0.3 is 0 Å². The highest BCUT2D eigenvalue weighted by Gasteiger charge is 2.42. The van der Waals surface area contributed by atoms with Crippen LogP contribution in [0.15, 0.2) is 0 Å². The van der Waals surface area contributed by atoms with Crippen molar-refractivity contribution in [2.45, 2.75) is 50.8 Å². The van der Waals surface area contributed by atoms with Crippen molar-refractivity contribution in [1.29, 1.82) is 0 Å².